The van der Waals surface area contributed by atoms with E-state index in [0.29, 0.717) is 5.69 Å². The molecule has 0 aliphatic carbocycles. The van der Waals surface area contributed by atoms with Crippen LogP contribution in [0.5, 0.6) is 0 Å². The minimum atomic E-state index is -0.0305. The van der Waals surface area contributed by atoms with Crippen LogP contribution in [0.1, 0.15) is 5.56 Å². The van der Waals surface area contributed by atoms with Crippen LogP contribution >= 0.6 is 24.0 Å². The number of nitrogen functional groups attached to an aromatic ring is 1. The molecule has 68 valence electrons. The van der Waals surface area contributed by atoms with E-state index in [1.54, 1.807) is 11.3 Å². The minimum absolute atomic E-state index is 0.0305. The summed E-state index contributed by atoms with van der Waals surface area (Å²) in [4.78, 5) is 0.731. The molecule has 0 saturated carbocycles. The number of hydrogen-bond donors (Lipinski definition) is 3. The van der Waals surface area contributed by atoms with Crippen LogP contribution in [-0.4, -0.2) is 5.11 Å². The van der Waals surface area contributed by atoms with Gasteiger partial charge in [0.2, 0.25) is 0 Å². The number of fused-ring (bicyclic) bond motifs is 1. The second kappa shape index (κ2) is 3.21. The first-order valence-corrected chi connectivity index (χ1v) is 5.15. The SMILES string of the molecule is Nc1c(S)cc2ccsc2c1CO. The molecule has 0 spiro atoms. The van der Waals surface area contributed by atoms with E-state index in [9.17, 15) is 0 Å². The first-order valence-electron chi connectivity index (χ1n) is 3.82. The molecule has 0 amide bonds. The summed E-state index contributed by atoms with van der Waals surface area (Å²) in [6, 6.07) is 3.92. The Kier molecular flexibility index (Phi) is 2.19. The highest BCUT2D eigenvalue weighted by Crippen LogP contribution is 2.33. The van der Waals surface area contributed by atoms with Gasteiger partial charge in [0.25, 0.3) is 0 Å². The third-order valence-corrected chi connectivity index (χ3v) is 3.38. The van der Waals surface area contributed by atoms with Gasteiger partial charge in [0.05, 0.1) is 12.3 Å². The maximum atomic E-state index is 9.15. The van der Waals surface area contributed by atoms with Gasteiger partial charge in [-0.05, 0) is 22.9 Å². The minimum Gasteiger partial charge on any atom is -0.397 e. The zero-order valence-electron chi connectivity index (χ0n) is 6.82. The lowest BCUT2D eigenvalue weighted by atomic mass is 10.1. The van der Waals surface area contributed by atoms with Gasteiger partial charge in [-0.15, -0.1) is 24.0 Å². The average Bonchev–Trinajstić information content (AvgIpc) is 2.54. The van der Waals surface area contributed by atoms with E-state index >= 15 is 0 Å². The number of hydrogen-bond acceptors (Lipinski definition) is 4. The maximum Gasteiger partial charge on any atom is 0.0716 e. The Labute approximate surface area is 85.4 Å². The molecule has 1 heterocycles. The van der Waals surface area contributed by atoms with Crippen LogP contribution in [0.4, 0.5) is 5.69 Å². The highest BCUT2D eigenvalue weighted by Gasteiger charge is 2.08. The smallest absolute Gasteiger partial charge is 0.0716 e. The topological polar surface area (TPSA) is 46.2 Å². The first kappa shape index (κ1) is 8.87. The van der Waals surface area contributed by atoms with Crippen molar-refractivity contribution in [3.8, 4) is 0 Å². The monoisotopic (exact) mass is 211 g/mol. The molecule has 0 atom stereocenters. The molecular formula is C9H9NOS2. The van der Waals surface area contributed by atoms with E-state index in [1.165, 1.54) is 0 Å². The van der Waals surface area contributed by atoms with Gasteiger partial charge in [-0.1, -0.05) is 0 Å². The molecule has 1 aromatic carbocycles. The summed E-state index contributed by atoms with van der Waals surface area (Å²) in [5.74, 6) is 0. The fourth-order valence-electron chi connectivity index (χ4n) is 1.34. The molecule has 13 heavy (non-hydrogen) atoms. The Balaban J connectivity index is 2.87. The zero-order valence-corrected chi connectivity index (χ0v) is 8.53. The Morgan fingerprint density at radius 1 is 1.54 bits per heavy atom. The fraction of sp³-hybridized carbons (Fsp3) is 0.111. The van der Waals surface area contributed by atoms with Gasteiger partial charge in [0, 0.05) is 15.2 Å². The summed E-state index contributed by atoms with van der Waals surface area (Å²) in [5, 5.41) is 12.2. The number of anilines is 1. The lowest BCUT2D eigenvalue weighted by molar-refractivity contribution is 0.284. The van der Waals surface area contributed by atoms with Crippen LogP contribution < -0.4 is 5.73 Å². The summed E-state index contributed by atoms with van der Waals surface area (Å²) < 4.78 is 1.05. The van der Waals surface area contributed by atoms with Crippen molar-refractivity contribution in [3.63, 3.8) is 0 Å². The summed E-state index contributed by atoms with van der Waals surface area (Å²) in [7, 11) is 0. The third-order valence-electron chi connectivity index (χ3n) is 2.02. The Morgan fingerprint density at radius 2 is 2.31 bits per heavy atom. The van der Waals surface area contributed by atoms with Gasteiger partial charge in [-0.2, -0.15) is 0 Å². The first-order chi connectivity index (χ1) is 6.24. The molecular weight excluding hydrogens is 202 g/mol. The third kappa shape index (κ3) is 1.31. The molecule has 1 aromatic heterocycles. The largest absolute Gasteiger partial charge is 0.397 e. The molecule has 2 rings (SSSR count). The summed E-state index contributed by atoms with van der Waals surface area (Å²) in [6.07, 6.45) is 0. The van der Waals surface area contributed by atoms with Gasteiger partial charge in [0.15, 0.2) is 0 Å². The van der Waals surface area contributed by atoms with Crippen molar-refractivity contribution in [1.29, 1.82) is 0 Å². The van der Waals surface area contributed by atoms with Crippen LogP contribution in [0, 0.1) is 0 Å². The molecule has 4 heteroatoms. The lowest BCUT2D eigenvalue weighted by Crippen LogP contribution is -1.95. The zero-order chi connectivity index (χ0) is 9.42. The normalized spacial score (nSPS) is 10.9. The molecule has 0 aliphatic rings. The number of thiol groups is 1. The maximum absolute atomic E-state index is 9.15. The average molecular weight is 211 g/mol. The van der Waals surface area contributed by atoms with E-state index in [-0.39, 0.29) is 6.61 Å². The number of aliphatic hydroxyl groups excluding tert-OH is 1. The lowest BCUT2D eigenvalue weighted by Gasteiger charge is -2.06. The van der Waals surface area contributed by atoms with E-state index in [2.05, 4.69) is 12.6 Å². The molecule has 2 nitrogen and oxygen atoms in total. The number of nitrogens with two attached hydrogens (primary N) is 1. The second-order valence-corrected chi connectivity index (χ2v) is 4.18. The molecule has 0 fully saturated rings. The molecule has 0 bridgehead atoms. The standard InChI is InChI=1S/C9H9NOS2/c10-8-6(4-11)9-5(1-2-13-9)3-7(8)12/h1-3,11-12H,4,10H2. The predicted molar refractivity (Wildman–Crippen MR) is 59.4 cm³/mol. The van der Waals surface area contributed by atoms with E-state index in [0.717, 1.165) is 20.5 Å². The fourth-order valence-corrected chi connectivity index (χ4v) is 2.54. The highest BCUT2D eigenvalue weighted by atomic mass is 32.1. The van der Waals surface area contributed by atoms with E-state index in [1.807, 2.05) is 17.5 Å². The Bertz CT molecular complexity index is 450. The van der Waals surface area contributed by atoms with Crippen molar-refractivity contribution in [2.45, 2.75) is 11.5 Å². The van der Waals surface area contributed by atoms with Gasteiger partial charge in [-0.25, -0.2) is 0 Å². The van der Waals surface area contributed by atoms with Crippen molar-refractivity contribution in [2.24, 2.45) is 0 Å². The van der Waals surface area contributed by atoms with Crippen molar-refractivity contribution < 1.29 is 5.11 Å². The van der Waals surface area contributed by atoms with Gasteiger partial charge < -0.3 is 10.8 Å². The van der Waals surface area contributed by atoms with Gasteiger partial charge in [0.1, 0.15) is 0 Å². The van der Waals surface area contributed by atoms with Crippen LogP contribution in [0.15, 0.2) is 22.4 Å². The van der Waals surface area contributed by atoms with Crippen molar-refractivity contribution in [3.05, 3.63) is 23.1 Å². The molecule has 0 saturated heterocycles. The number of rotatable bonds is 1. The van der Waals surface area contributed by atoms with Gasteiger partial charge >= 0.3 is 0 Å². The Morgan fingerprint density at radius 3 is 3.00 bits per heavy atom. The van der Waals surface area contributed by atoms with Gasteiger partial charge in [-0.3, -0.25) is 0 Å². The van der Waals surface area contributed by atoms with Crippen LogP contribution in [0.3, 0.4) is 0 Å². The molecule has 0 radical (unpaired) electrons. The number of benzene rings is 1. The number of thiophene rings is 1. The molecule has 3 N–H and O–H groups in total. The second-order valence-electron chi connectivity index (χ2n) is 2.78. The quantitative estimate of drug-likeness (QED) is 0.500. The number of aliphatic hydroxyl groups is 1. The summed E-state index contributed by atoms with van der Waals surface area (Å²) >= 11 is 5.83. The van der Waals surface area contributed by atoms with Crippen molar-refractivity contribution in [1.82, 2.24) is 0 Å². The highest BCUT2D eigenvalue weighted by molar-refractivity contribution is 7.80. The molecule has 0 unspecified atom stereocenters. The van der Waals surface area contributed by atoms with Crippen LogP contribution in [0.2, 0.25) is 0 Å². The predicted octanol–water partition coefficient (Wildman–Crippen LogP) is 2.26. The van der Waals surface area contributed by atoms with Crippen LogP contribution in [0.25, 0.3) is 10.1 Å². The van der Waals surface area contributed by atoms with E-state index < -0.39 is 0 Å². The molecule has 2 aromatic rings. The van der Waals surface area contributed by atoms with Crippen molar-refractivity contribution in [2.75, 3.05) is 5.73 Å². The molecule has 0 aliphatic heterocycles. The Hall–Kier alpha value is -0.710. The summed E-state index contributed by atoms with van der Waals surface area (Å²) in [6.45, 7) is -0.0305. The van der Waals surface area contributed by atoms with Crippen LogP contribution in [-0.2, 0) is 6.61 Å². The van der Waals surface area contributed by atoms with E-state index in [4.69, 9.17) is 10.8 Å². The van der Waals surface area contributed by atoms with Crippen molar-refractivity contribution >= 4 is 39.7 Å². The summed E-state index contributed by atoms with van der Waals surface area (Å²) in [5.41, 5.74) is 7.16.